The van der Waals surface area contributed by atoms with Gasteiger partial charge in [-0.2, -0.15) is 0 Å². The van der Waals surface area contributed by atoms with E-state index < -0.39 is 30.5 Å². The Bertz CT molecular complexity index is 426. The fourth-order valence-electron chi connectivity index (χ4n) is 2.25. The summed E-state index contributed by atoms with van der Waals surface area (Å²) in [6.45, 7) is 8.14. The van der Waals surface area contributed by atoms with Crippen molar-refractivity contribution in [3.05, 3.63) is 0 Å². The Morgan fingerprint density at radius 2 is 1.70 bits per heavy atom. The minimum absolute atomic E-state index is 0.0648. The van der Waals surface area contributed by atoms with E-state index in [0.29, 0.717) is 0 Å². The van der Waals surface area contributed by atoms with Crippen LogP contribution in [0.3, 0.4) is 0 Å². The summed E-state index contributed by atoms with van der Waals surface area (Å²) in [5, 5.41) is 31.6. The van der Waals surface area contributed by atoms with Crippen molar-refractivity contribution in [1.82, 2.24) is 5.32 Å². The van der Waals surface area contributed by atoms with Crippen LogP contribution in [-0.2, 0) is 14.3 Å². The minimum atomic E-state index is -1.22. The van der Waals surface area contributed by atoms with E-state index in [1.54, 1.807) is 0 Å². The van der Waals surface area contributed by atoms with E-state index in [1.165, 1.54) is 13.8 Å². The van der Waals surface area contributed by atoms with E-state index in [2.05, 4.69) is 8.96 Å². The van der Waals surface area contributed by atoms with E-state index in [0.717, 1.165) is 18.4 Å². The molecular formula is C14H27GaN2O6. The third-order valence-electron chi connectivity index (χ3n) is 3.37. The van der Waals surface area contributed by atoms with Gasteiger partial charge in [0.05, 0.1) is 18.8 Å². The number of nitrogens with one attached hydrogen (secondary N) is 1. The number of hydrogen-bond acceptors (Lipinski definition) is 6. The molecule has 2 unspecified atom stereocenters. The molecule has 132 valence electrons. The van der Waals surface area contributed by atoms with E-state index in [9.17, 15) is 19.8 Å². The first-order valence-corrected chi connectivity index (χ1v) is 8.65. The summed E-state index contributed by atoms with van der Waals surface area (Å²) in [7, 11) is 0. The van der Waals surface area contributed by atoms with Gasteiger partial charge in [0.2, 0.25) is 5.91 Å². The first-order valence-electron chi connectivity index (χ1n) is 7.32. The molecule has 8 nitrogen and oxygen atoms in total. The standard InChI is InChI=1S/C12H23NO5.C2H3NO.Ga.H/c1-6(15)13-8-10(17)9(16)7(5-14)18-11(8)12(2,3)4;1-2(3)4;;/h7-11,14,16-17H,5H2,1-4H3,(H,13,15);1H3;;/t7?,8?,9-,10+,11+;;;/m0.../s1. The predicted octanol–water partition coefficient (Wildman–Crippen LogP) is -1.36. The third-order valence-corrected chi connectivity index (χ3v) is 4.31. The van der Waals surface area contributed by atoms with E-state index in [-0.39, 0.29) is 23.8 Å². The summed E-state index contributed by atoms with van der Waals surface area (Å²) in [5.41, 5.74) is -0.346. The number of nitrogens with zero attached hydrogens (tertiary/aromatic N) is 1. The molecule has 0 aromatic carbocycles. The van der Waals surface area contributed by atoms with Crippen molar-refractivity contribution in [2.24, 2.45) is 9.06 Å². The van der Waals surface area contributed by atoms with Gasteiger partial charge in [0.1, 0.15) is 18.3 Å². The van der Waals surface area contributed by atoms with Crippen LogP contribution in [0.1, 0.15) is 34.6 Å². The molecule has 1 saturated heterocycles. The second kappa shape index (κ2) is 9.65. The first kappa shape index (κ1) is 22.4. The molecule has 1 aliphatic rings. The molecule has 23 heavy (non-hydrogen) atoms. The van der Waals surface area contributed by atoms with Crippen LogP contribution in [0.5, 0.6) is 0 Å². The number of carbonyl (C=O) groups is 2. The predicted molar refractivity (Wildman–Crippen MR) is 85.1 cm³/mol. The number of carbonyl (C=O) groups excluding carboxylic acids is 2. The molecule has 0 spiro atoms. The fraction of sp³-hybridized carbons (Fsp3) is 0.857. The Morgan fingerprint density at radius 3 is 2.00 bits per heavy atom. The van der Waals surface area contributed by atoms with Crippen molar-refractivity contribution in [2.45, 2.75) is 65.1 Å². The number of hydrogen-bond donors (Lipinski definition) is 4. The topological polar surface area (TPSA) is 128 Å². The molecule has 0 bridgehead atoms. The summed E-state index contributed by atoms with van der Waals surface area (Å²) >= 11 is 0.731. The molecule has 4 N–H and O–H groups in total. The average molecular weight is 389 g/mol. The molecule has 0 aromatic rings. The van der Waals surface area contributed by atoms with Crippen molar-refractivity contribution in [3.63, 3.8) is 0 Å². The van der Waals surface area contributed by atoms with Crippen LogP contribution in [0.4, 0.5) is 0 Å². The number of aliphatic hydroxyl groups excluding tert-OH is 3. The summed E-state index contributed by atoms with van der Waals surface area (Å²) in [4.78, 5) is 20.9. The average Bonchev–Trinajstić information content (AvgIpc) is 2.43. The Morgan fingerprint density at radius 1 is 1.22 bits per heavy atom. The van der Waals surface area contributed by atoms with Gasteiger partial charge in [-0.3, -0.25) is 4.79 Å². The maximum atomic E-state index is 11.2. The zero-order chi connectivity index (χ0) is 18.4. The fourth-order valence-corrected chi connectivity index (χ4v) is 2.25. The van der Waals surface area contributed by atoms with Crippen molar-refractivity contribution in [3.8, 4) is 0 Å². The van der Waals surface area contributed by atoms with Gasteiger partial charge < -0.3 is 25.4 Å². The number of ether oxygens (including phenoxy) is 1. The monoisotopic (exact) mass is 388 g/mol. The normalized spacial score (nSPS) is 30.7. The van der Waals surface area contributed by atoms with Gasteiger partial charge in [0.25, 0.3) is 0 Å². The molecule has 2 amide bonds. The van der Waals surface area contributed by atoms with Crippen LogP contribution in [0.2, 0.25) is 0 Å². The molecule has 1 heterocycles. The third kappa shape index (κ3) is 7.23. The van der Waals surface area contributed by atoms with Gasteiger partial charge in [-0.15, -0.1) is 0 Å². The van der Waals surface area contributed by atoms with E-state index in [1.807, 2.05) is 20.8 Å². The Kier molecular flexibility index (Phi) is 9.40. The van der Waals surface area contributed by atoms with Crippen molar-refractivity contribution in [1.29, 1.82) is 0 Å². The molecule has 1 fully saturated rings. The maximum absolute atomic E-state index is 11.2. The Hall–Kier alpha value is -0.584. The second-order valence-corrected chi connectivity index (χ2v) is 7.19. The number of rotatable bonds is 2. The van der Waals surface area contributed by atoms with Crippen LogP contribution in [0.15, 0.2) is 3.65 Å². The SMILES string of the molecule is CC(=O)NC1[C@@H](O)[C@@H](O)C(CO)O[C@H]1C(C)(C)C.CC(=O)[N]=[GaH]. The van der Waals surface area contributed by atoms with Gasteiger partial charge in [0.15, 0.2) is 0 Å². The van der Waals surface area contributed by atoms with Crippen LogP contribution in [0.25, 0.3) is 0 Å². The van der Waals surface area contributed by atoms with Crippen LogP contribution < -0.4 is 5.32 Å². The van der Waals surface area contributed by atoms with E-state index in [4.69, 9.17) is 9.84 Å². The second-order valence-electron chi connectivity index (χ2n) is 6.53. The first-order chi connectivity index (χ1) is 10.4. The molecule has 0 aromatic heterocycles. The Balaban J connectivity index is 0.000000841. The summed E-state index contributed by atoms with van der Waals surface area (Å²) in [6.07, 6.45) is -3.71. The van der Waals surface area contributed by atoms with Crippen molar-refractivity contribution >= 4 is 30.2 Å². The zero-order valence-corrected chi connectivity index (χ0v) is 17.3. The van der Waals surface area contributed by atoms with Gasteiger partial charge >= 0.3 is 39.7 Å². The molecule has 9 heteroatoms. The molecule has 1 rings (SSSR count). The molecule has 0 radical (unpaired) electrons. The van der Waals surface area contributed by atoms with Gasteiger partial charge in [-0.05, 0) is 5.41 Å². The summed E-state index contributed by atoms with van der Waals surface area (Å²) in [5.74, 6) is -0.364. The quantitative estimate of drug-likeness (QED) is 0.432. The summed E-state index contributed by atoms with van der Waals surface area (Å²) < 4.78 is 9.00. The molecule has 1 aliphatic heterocycles. The molecular weight excluding hydrogens is 362 g/mol. The van der Waals surface area contributed by atoms with Gasteiger partial charge in [-0.25, -0.2) is 0 Å². The Labute approximate surface area is 146 Å². The van der Waals surface area contributed by atoms with Crippen molar-refractivity contribution in [2.75, 3.05) is 6.61 Å². The number of amides is 2. The number of aliphatic hydroxyl groups is 3. The van der Waals surface area contributed by atoms with Crippen LogP contribution in [0, 0.1) is 5.41 Å². The molecule has 0 saturated carbocycles. The zero-order valence-electron chi connectivity index (χ0n) is 14.3. The van der Waals surface area contributed by atoms with Crippen LogP contribution in [-0.4, -0.2) is 82.6 Å². The molecule has 5 atom stereocenters. The van der Waals surface area contributed by atoms with Crippen molar-refractivity contribution < 1.29 is 29.6 Å². The van der Waals surface area contributed by atoms with Crippen LogP contribution >= 0.6 is 0 Å². The van der Waals surface area contributed by atoms with E-state index >= 15 is 0 Å². The molecule has 0 aliphatic carbocycles. The van der Waals surface area contributed by atoms with Gasteiger partial charge in [0, 0.05) is 6.92 Å². The van der Waals surface area contributed by atoms with Gasteiger partial charge in [-0.1, -0.05) is 20.8 Å². The summed E-state index contributed by atoms with van der Waals surface area (Å²) in [6, 6.07) is -0.694.